The van der Waals surface area contributed by atoms with E-state index in [4.69, 9.17) is 4.74 Å². The number of ether oxygens (including phenoxy) is 1. The molecule has 1 aromatic heterocycles. The molecule has 5 heteroatoms. The fourth-order valence-electron chi connectivity index (χ4n) is 2.63. The average Bonchev–Trinajstić information content (AvgIpc) is 2.90. The zero-order valence-electron chi connectivity index (χ0n) is 11.7. The Balaban J connectivity index is 1.91. The highest BCUT2D eigenvalue weighted by molar-refractivity contribution is 9.11. The van der Waals surface area contributed by atoms with Gasteiger partial charge in [-0.15, -0.1) is 11.3 Å². The molecule has 2 atom stereocenters. The van der Waals surface area contributed by atoms with Crippen LogP contribution in [0.4, 0.5) is 0 Å². The van der Waals surface area contributed by atoms with Crippen molar-refractivity contribution in [3.8, 4) is 5.75 Å². The van der Waals surface area contributed by atoms with E-state index in [1.54, 1.807) is 11.3 Å². The third kappa shape index (κ3) is 3.52. The predicted molar refractivity (Wildman–Crippen MR) is 95.2 cm³/mol. The summed E-state index contributed by atoms with van der Waals surface area (Å²) in [6, 6.07) is 10.9. The molecular weight excluding hydrogens is 414 g/mol. The Hall–Kier alpha value is -0.360. The van der Waals surface area contributed by atoms with Crippen molar-refractivity contribution in [3.05, 3.63) is 49.0 Å². The lowest BCUT2D eigenvalue weighted by molar-refractivity contribution is 0.154. The number of fused-ring (bicyclic) bond motifs is 1. The molecular formula is C16H17Br2NOS. The number of hydrogen-bond acceptors (Lipinski definition) is 3. The molecule has 1 aliphatic heterocycles. The van der Waals surface area contributed by atoms with Crippen molar-refractivity contribution in [2.24, 2.45) is 0 Å². The number of thiophene rings is 1. The molecule has 21 heavy (non-hydrogen) atoms. The second kappa shape index (κ2) is 6.82. The Morgan fingerprint density at radius 2 is 2.14 bits per heavy atom. The van der Waals surface area contributed by atoms with Crippen molar-refractivity contribution in [3.63, 3.8) is 0 Å². The summed E-state index contributed by atoms with van der Waals surface area (Å²) < 4.78 is 8.45. The maximum absolute atomic E-state index is 6.24. The number of nitrogens with one attached hydrogen (secondary N) is 1. The van der Waals surface area contributed by atoms with Crippen LogP contribution in [0.2, 0.25) is 0 Å². The van der Waals surface area contributed by atoms with Crippen LogP contribution in [-0.2, 0) is 0 Å². The van der Waals surface area contributed by atoms with E-state index in [2.05, 4.69) is 74.4 Å². The van der Waals surface area contributed by atoms with Crippen LogP contribution in [-0.4, -0.2) is 6.54 Å². The molecule has 0 amide bonds. The third-order valence-corrected chi connectivity index (χ3v) is 5.83. The Bertz CT molecular complexity index is 628. The smallest absolute Gasteiger partial charge is 0.135 e. The second-order valence-electron chi connectivity index (χ2n) is 5.17. The van der Waals surface area contributed by atoms with Crippen LogP contribution in [0.15, 0.2) is 38.6 Å². The Kier molecular flexibility index (Phi) is 5.04. The van der Waals surface area contributed by atoms with Gasteiger partial charge in [-0.25, -0.2) is 0 Å². The van der Waals surface area contributed by atoms with Crippen molar-refractivity contribution in [2.75, 3.05) is 6.54 Å². The van der Waals surface area contributed by atoms with Gasteiger partial charge in [0.2, 0.25) is 0 Å². The number of halogens is 2. The largest absolute Gasteiger partial charge is 0.484 e. The Labute approximate surface area is 146 Å². The SMILES string of the molecule is CCCNC1CC(c2ccc(Br)s2)Oc2cc(Br)ccc21. The van der Waals surface area contributed by atoms with Crippen LogP contribution in [0.3, 0.4) is 0 Å². The summed E-state index contributed by atoms with van der Waals surface area (Å²) in [6.45, 7) is 3.23. The van der Waals surface area contributed by atoms with Crippen molar-refractivity contribution >= 4 is 43.2 Å². The first-order valence-corrected chi connectivity index (χ1v) is 9.52. The minimum atomic E-state index is 0.123. The molecule has 2 heterocycles. The number of hydrogen-bond donors (Lipinski definition) is 1. The fourth-order valence-corrected chi connectivity index (χ4v) is 4.43. The molecule has 2 nitrogen and oxygen atoms in total. The monoisotopic (exact) mass is 429 g/mol. The summed E-state index contributed by atoms with van der Waals surface area (Å²) in [5.41, 5.74) is 1.26. The Morgan fingerprint density at radius 3 is 2.86 bits per heavy atom. The van der Waals surface area contributed by atoms with Crippen molar-refractivity contribution in [1.82, 2.24) is 5.32 Å². The molecule has 0 saturated heterocycles. The summed E-state index contributed by atoms with van der Waals surface area (Å²) in [5, 5.41) is 3.65. The van der Waals surface area contributed by atoms with Gasteiger partial charge in [0.15, 0.2) is 0 Å². The minimum absolute atomic E-state index is 0.123. The first-order valence-electron chi connectivity index (χ1n) is 7.12. The second-order valence-corrected chi connectivity index (χ2v) is 8.58. The lowest BCUT2D eigenvalue weighted by Crippen LogP contribution is -2.29. The van der Waals surface area contributed by atoms with E-state index in [0.29, 0.717) is 6.04 Å². The van der Waals surface area contributed by atoms with Gasteiger partial charge in [0.05, 0.1) is 3.79 Å². The average molecular weight is 431 g/mol. The minimum Gasteiger partial charge on any atom is -0.484 e. The molecule has 0 spiro atoms. The van der Waals surface area contributed by atoms with Gasteiger partial charge in [0.1, 0.15) is 11.9 Å². The zero-order chi connectivity index (χ0) is 14.8. The zero-order valence-corrected chi connectivity index (χ0v) is 15.7. The lowest BCUT2D eigenvalue weighted by Gasteiger charge is -2.32. The van der Waals surface area contributed by atoms with E-state index in [9.17, 15) is 0 Å². The topological polar surface area (TPSA) is 21.3 Å². The van der Waals surface area contributed by atoms with Crippen LogP contribution in [0, 0.1) is 0 Å². The molecule has 1 aromatic carbocycles. The molecule has 3 rings (SSSR count). The van der Waals surface area contributed by atoms with E-state index < -0.39 is 0 Å². The van der Waals surface area contributed by atoms with Crippen molar-refractivity contribution < 1.29 is 4.74 Å². The summed E-state index contributed by atoms with van der Waals surface area (Å²) in [4.78, 5) is 1.27. The van der Waals surface area contributed by atoms with Gasteiger partial charge < -0.3 is 10.1 Å². The number of rotatable bonds is 4. The number of benzene rings is 1. The lowest BCUT2D eigenvalue weighted by atomic mass is 9.95. The first-order chi connectivity index (χ1) is 10.2. The molecule has 0 aliphatic carbocycles. The fraction of sp³-hybridized carbons (Fsp3) is 0.375. The summed E-state index contributed by atoms with van der Waals surface area (Å²) in [6.07, 6.45) is 2.23. The van der Waals surface area contributed by atoms with Crippen molar-refractivity contribution in [1.29, 1.82) is 0 Å². The highest BCUT2D eigenvalue weighted by Gasteiger charge is 2.29. The highest BCUT2D eigenvalue weighted by Crippen LogP contribution is 2.43. The molecule has 1 N–H and O–H groups in total. The third-order valence-electron chi connectivity index (χ3n) is 3.62. The van der Waals surface area contributed by atoms with Crippen LogP contribution in [0.1, 0.15) is 42.4 Å². The summed E-state index contributed by atoms with van der Waals surface area (Å²) in [5.74, 6) is 0.985. The van der Waals surface area contributed by atoms with Crippen LogP contribution in [0.5, 0.6) is 5.75 Å². The molecule has 2 aromatic rings. The van der Waals surface area contributed by atoms with E-state index in [1.807, 2.05) is 0 Å². The molecule has 0 bridgehead atoms. The van der Waals surface area contributed by atoms with E-state index in [-0.39, 0.29) is 6.10 Å². The molecule has 112 valence electrons. The molecule has 0 radical (unpaired) electrons. The van der Waals surface area contributed by atoms with Crippen LogP contribution in [0.25, 0.3) is 0 Å². The molecule has 1 aliphatic rings. The van der Waals surface area contributed by atoms with Gasteiger partial charge >= 0.3 is 0 Å². The van der Waals surface area contributed by atoms with E-state index >= 15 is 0 Å². The van der Waals surface area contributed by atoms with E-state index in [0.717, 1.165) is 33.4 Å². The quantitative estimate of drug-likeness (QED) is 0.657. The van der Waals surface area contributed by atoms with Gasteiger partial charge in [-0.05, 0) is 53.2 Å². The maximum atomic E-state index is 6.24. The molecule has 2 unspecified atom stereocenters. The highest BCUT2D eigenvalue weighted by atomic mass is 79.9. The van der Waals surface area contributed by atoms with Gasteiger partial charge in [-0.3, -0.25) is 0 Å². The predicted octanol–water partition coefficient (Wildman–Crippen LogP) is 5.84. The van der Waals surface area contributed by atoms with Gasteiger partial charge in [-0.1, -0.05) is 28.9 Å². The normalized spacial score (nSPS) is 20.9. The van der Waals surface area contributed by atoms with Crippen LogP contribution >= 0.6 is 43.2 Å². The summed E-state index contributed by atoms with van der Waals surface area (Å²) in [7, 11) is 0. The van der Waals surface area contributed by atoms with Crippen molar-refractivity contribution in [2.45, 2.75) is 31.9 Å². The molecule has 0 fully saturated rings. The Morgan fingerprint density at radius 1 is 1.29 bits per heavy atom. The van der Waals surface area contributed by atoms with Gasteiger partial charge in [-0.2, -0.15) is 0 Å². The standard InChI is InChI=1S/C16H17Br2NOS/c1-2-7-19-12-9-14(15-5-6-16(18)21-15)20-13-8-10(17)3-4-11(12)13/h3-6,8,12,14,19H,2,7,9H2,1H3. The first kappa shape index (κ1) is 15.5. The van der Waals surface area contributed by atoms with Crippen LogP contribution < -0.4 is 10.1 Å². The summed E-state index contributed by atoms with van der Waals surface area (Å²) >= 11 is 8.83. The molecule has 0 saturated carbocycles. The van der Waals surface area contributed by atoms with E-state index in [1.165, 1.54) is 10.4 Å². The van der Waals surface area contributed by atoms with Gasteiger partial charge in [0, 0.05) is 27.4 Å². The van der Waals surface area contributed by atoms with Gasteiger partial charge in [0.25, 0.3) is 0 Å². The maximum Gasteiger partial charge on any atom is 0.135 e.